The van der Waals surface area contributed by atoms with E-state index >= 15 is 0 Å². The third-order valence-electron chi connectivity index (χ3n) is 3.79. The molecule has 0 saturated carbocycles. The molecule has 0 spiro atoms. The molecule has 2 aliphatic rings. The van der Waals surface area contributed by atoms with Gasteiger partial charge < -0.3 is 14.4 Å². The summed E-state index contributed by atoms with van der Waals surface area (Å²) in [4.78, 5) is 27.7. The second-order valence-electron chi connectivity index (χ2n) is 5.00. The first kappa shape index (κ1) is 14.3. The van der Waals surface area contributed by atoms with Crippen LogP contribution >= 0.6 is 0 Å². The summed E-state index contributed by atoms with van der Waals surface area (Å²) in [6.45, 7) is 3.60. The number of nitrogens with zero attached hydrogens (tertiary/aromatic N) is 2. The van der Waals surface area contributed by atoms with E-state index in [-0.39, 0.29) is 17.9 Å². The molecule has 0 aliphatic carbocycles. The third-order valence-corrected chi connectivity index (χ3v) is 3.79. The number of hydrogen-bond donors (Lipinski definition) is 0. The predicted molar refractivity (Wildman–Crippen MR) is 68.6 cm³/mol. The van der Waals surface area contributed by atoms with Gasteiger partial charge in [-0.2, -0.15) is 0 Å². The van der Waals surface area contributed by atoms with Gasteiger partial charge in [0.2, 0.25) is 5.91 Å². The largest absolute Gasteiger partial charge is 0.468 e. The summed E-state index contributed by atoms with van der Waals surface area (Å²) in [7, 11) is 1.40. The van der Waals surface area contributed by atoms with Crippen LogP contribution in [-0.4, -0.2) is 74.2 Å². The van der Waals surface area contributed by atoms with Crippen molar-refractivity contribution < 1.29 is 19.1 Å². The normalized spacial score (nSPS) is 25.1. The van der Waals surface area contributed by atoms with Gasteiger partial charge in [0.05, 0.1) is 26.9 Å². The highest BCUT2D eigenvalue weighted by molar-refractivity contribution is 5.80. The number of amides is 1. The Balaban J connectivity index is 1.91. The molecule has 1 amide bonds. The number of rotatable bonds is 3. The minimum Gasteiger partial charge on any atom is -0.468 e. The quantitative estimate of drug-likeness (QED) is 0.669. The lowest BCUT2D eigenvalue weighted by molar-refractivity contribution is -0.150. The van der Waals surface area contributed by atoms with Crippen molar-refractivity contribution >= 4 is 11.9 Å². The van der Waals surface area contributed by atoms with Crippen LogP contribution in [0.4, 0.5) is 0 Å². The molecule has 2 fully saturated rings. The van der Waals surface area contributed by atoms with Crippen molar-refractivity contribution in [2.75, 3.05) is 46.5 Å². The van der Waals surface area contributed by atoms with Gasteiger partial charge in [-0.25, -0.2) is 0 Å². The summed E-state index contributed by atoms with van der Waals surface area (Å²) in [5.74, 6) is -0.145. The maximum absolute atomic E-state index is 12.2. The Morgan fingerprint density at radius 1 is 1.21 bits per heavy atom. The van der Waals surface area contributed by atoms with Crippen LogP contribution in [0.15, 0.2) is 0 Å². The van der Waals surface area contributed by atoms with E-state index in [1.165, 1.54) is 7.11 Å². The Kier molecular flexibility index (Phi) is 5.15. The van der Waals surface area contributed by atoms with Gasteiger partial charge in [0, 0.05) is 13.1 Å². The average molecular weight is 270 g/mol. The van der Waals surface area contributed by atoms with Crippen molar-refractivity contribution in [1.82, 2.24) is 9.80 Å². The minimum absolute atomic E-state index is 0.0825. The number of ether oxygens (including phenoxy) is 2. The zero-order chi connectivity index (χ0) is 13.7. The summed E-state index contributed by atoms with van der Waals surface area (Å²) in [6.07, 6.45) is 2.83. The number of hydrogen-bond acceptors (Lipinski definition) is 5. The lowest BCUT2D eigenvalue weighted by Gasteiger charge is -2.35. The molecule has 0 radical (unpaired) electrons. The maximum Gasteiger partial charge on any atom is 0.323 e. The van der Waals surface area contributed by atoms with Crippen LogP contribution in [0.25, 0.3) is 0 Å². The van der Waals surface area contributed by atoms with E-state index in [0.29, 0.717) is 32.8 Å². The summed E-state index contributed by atoms with van der Waals surface area (Å²) in [5, 5.41) is 0. The average Bonchev–Trinajstić information content (AvgIpc) is 2.48. The van der Waals surface area contributed by atoms with E-state index in [4.69, 9.17) is 9.47 Å². The standard InChI is InChI=1S/C13H22N2O4/c1-18-13(17)11-4-2-3-5-15(11)10-12(16)14-6-8-19-9-7-14/h11H,2-10H2,1H3/t11-/m1/s1. The highest BCUT2D eigenvalue weighted by Crippen LogP contribution is 2.18. The first-order chi connectivity index (χ1) is 9.22. The number of piperidine rings is 1. The Hall–Kier alpha value is -1.14. The summed E-state index contributed by atoms with van der Waals surface area (Å²) in [5.41, 5.74) is 0. The van der Waals surface area contributed by atoms with E-state index in [2.05, 4.69) is 0 Å². The van der Waals surface area contributed by atoms with E-state index < -0.39 is 0 Å². The number of morpholine rings is 1. The molecule has 0 aromatic rings. The molecule has 2 saturated heterocycles. The van der Waals surface area contributed by atoms with Crippen molar-refractivity contribution in [3.8, 4) is 0 Å². The van der Waals surface area contributed by atoms with Crippen molar-refractivity contribution in [2.45, 2.75) is 25.3 Å². The van der Waals surface area contributed by atoms with Gasteiger partial charge in [0.25, 0.3) is 0 Å². The molecular weight excluding hydrogens is 248 g/mol. The molecule has 1 atom stereocenters. The fourth-order valence-electron chi connectivity index (χ4n) is 2.67. The molecule has 19 heavy (non-hydrogen) atoms. The van der Waals surface area contributed by atoms with Gasteiger partial charge in [-0.3, -0.25) is 14.5 Å². The Bertz CT molecular complexity index is 329. The predicted octanol–water partition coefficient (Wildman–Crippen LogP) is -0.127. The number of likely N-dealkylation sites (tertiary alicyclic amines) is 1. The van der Waals surface area contributed by atoms with E-state index in [0.717, 1.165) is 25.8 Å². The summed E-state index contributed by atoms with van der Waals surface area (Å²) >= 11 is 0. The van der Waals surface area contributed by atoms with Crippen LogP contribution in [0.5, 0.6) is 0 Å². The van der Waals surface area contributed by atoms with Gasteiger partial charge >= 0.3 is 5.97 Å². The smallest absolute Gasteiger partial charge is 0.323 e. The van der Waals surface area contributed by atoms with Crippen molar-refractivity contribution in [1.29, 1.82) is 0 Å². The number of esters is 1. The van der Waals surface area contributed by atoms with Crippen molar-refractivity contribution in [3.05, 3.63) is 0 Å². The molecule has 6 heteroatoms. The Morgan fingerprint density at radius 3 is 2.63 bits per heavy atom. The van der Waals surface area contributed by atoms with E-state index in [1.807, 2.05) is 9.80 Å². The minimum atomic E-state index is -0.260. The molecule has 0 N–H and O–H groups in total. The molecular formula is C13H22N2O4. The summed E-state index contributed by atoms with van der Waals surface area (Å²) in [6, 6.07) is -0.260. The zero-order valence-electron chi connectivity index (χ0n) is 11.5. The van der Waals surface area contributed by atoms with Crippen LogP contribution in [0, 0.1) is 0 Å². The van der Waals surface area contributed by atoms with Gasteiger partial charge in [-0.15, -0.1) is 0 Å². The molecule has 0 unspecified atom stereocenters. The van der Waals surface area contributed by atoms with Crippen LogP contribution < -0.4 is 0 Å². The maximum atomic E-state index is 12.2. The Labute approximate surface area is 113 Å². The lowest BCUT2D eigenvalue weighted by atomic mass is 10.0. The van der Waals surface area contributed by atoms with Crippen LogP contribution in [-0.2, 0) is 19.1 Å². The third kappa shape index (κ3) is 3.67. The van der Waals surface area contributed by atoms with Crippen LogP contribution in [0.3, 0.4) is 0 Å². The molecule has 2 heterocycles. The van der Waals surface area contributed by atoms with E-state index in [1.54, 1.807) is 0 Å². The Morgan fingerprint density at radius 2 is 1.95 bits per heavy atom. The molecule has 108 valence electrons. The number of methoxy groups -OCH3 is 1. The fourth-order valence-corrected chi connectivity index (χ4v) is 2.67. The SMILES string of the molecule is COC(=O)[C@H]1CCCCN1CC(=O)N1CCOCC1. The molecule has 0 aromatic heterocycles. The topological polar surface area (TPSA) is 59.1 Å². The van der Waals surface area contributed by atoms with Crippen molar-refractivity contribution in [3.63, 3.8) is 0 Å². The highest BCUT2D eigenvalue weighted by atomic mass is 16.5. The second kappa shape index (κ2) is 6.86. The molecule has 0 bridgehead atoms. The first-order valence-corrected chi connectivity index (χ1v) is 6.90. The molecule has 2 aliphatic heterocycles. The molecule has 2 rings (SSSR count). The van der Waals surface area contributed by atoms with Gasteiger partial charge in [-0.1, -0.05) is 6.42 Å². The first-order valence-electron chi connectivity index (χ1n) is 6.90. The van der Waals surface area contributed by atoms with Crippen molar-refractivity contribution in [2.24, 2.45) is 0 Å². The second-order valence-corrected chi connectivity index (χ2v) is 5.00. The van der Waals surface area contributed by atoms with E-state index in [9.17, 15) is 9.59 Å². The molecule has 0 aromatic carbocycles. The van der Waals surface area contributed by atoms with Gasteiger partial charge in [0.15, 0.2) is 0 Å². The van der Waals surface area contributed by atoms with Crippen LogP contribution in [0.2, 0.25) is 0 Å². The number of carbonyl (C=O) groups excluding carboxylic acids is 2. The number of carbonyl (C=O) groups is 2. The van der Waals surface area contributed by atoms with Gasteiger partial charge in [-0.05, 0) is 19.4 Å². The lowest BCUT2D eigenvalue weighted by Crippen LogP contribution is -2.51. The van der Waals surface area contributed by atoms with Crippen LogP contribution in [0.1, 0.15) is 19.3 Å². The zero-order valence-corrected chi connectivity index (χ0v) is 11.5. The van der Waals surface area contributed by atoms with Gasteiger partial charge in [0.1, 0.15) is 6.04 Å². The highest BCUT2D eigenvalue weighted by Gasteiger charge is 2.31. The fraction of sp³-hybridized carbons (Fsp3) is 0.846. The summed E-state index contributed by atoms with van der Waals surface area (Å²) < 4.78 is 10.1. The molecule has 6 nitrogen and oxygen atoms in total. The monoisotopic (exact) mass is 270 g/mol.